The van der Waals surface area contributed by atoms with Crippen molar-refractivity contribution in [3.63, 3.8) is 0 Å². The Morgan fingerprint density at radius 2 is 2.00 bits per heavy atom. The van der Waals surface area contributed by atoms with Gasteiger partial charge in [0.15, 0.2) is 0 Å². The van der Waals surface area contributed by atoms with Crippen LogP contribution in [0.5, 0.6) is 0 Å². The average molecular weight is 240 g/mol. The van der Waals surface area contributed by atoms with Crippen LogP contribution in [-0.4, -0.2) is 50.3 Å². The molecular formula is C14H28N2O. The normalized spacial score (nSPS) is 27.7. The molecule has 0 radical (unpaired) electrons. The zero-order valence-corrected chi connectivity index (χ0v) is 11.7. The van der Waals surface area contributed by atoms with E-state index in [1.165, 1.54) is 32.5 Å². The quantitative estimate of drug-likeness (QED) is 0.792. The van der Waals surface area contributed by atoms with E-state index >= 15 is 0 Å². The van der Waals surface area contributed by atoms with Gasteiger partial charge in [-0.2, -0.15) is 0 Å². The van der Waals surface area contributed by atoms with Crippen molar-refractivity contribution in [3.05, 3.63) is 0 Å². The van der Waals surface area contributed by atoms with Crippen molar-refractivity contribution in [1.29, 1.82) is 0 Å². The molecule has 3 heteroatoms. The summed E-state index contributed by atoms with van der Waals surface area (Å²) >= 11 is 0. The van der Waals surface area contributed by atoms with Gasteiger partial charge >= 0.3 is 0 Å². The van der Waals surface area contributed by atoms with Gasteiger partial charge in [0.05, 0.1) is 13.2 Å². The van der Waals surface area contributed by atoms with Crippen LogP contribution in [0.25, 0.3) is 0 Å². The second-order valence-corrected chi connectivity index (χ2v) is 6.24. The molecule has 0 amide bonds. The Hall–Kier alpha value is -0.120. The van der Waals surface area contributed by atoms with Gasteiger partial charge < -0.3 is 15.0 Å². The van der Waals surface area contributed by atoms with Crippen molar-refractivity contribution >= 4 is 0 Å². The predicted molar refractivity (Wildman–Crippen MR) is 71.2 cm³/mol. The molecule has 1 unspecified atom stereocenters. The van der Waals surface area contributed by atoms with Crippen molar-refractivity contribution in [2.75, 3.05) is 39.4 Å². The summed E-state index contributed by atoms with van der Waals surface area (Å²) in [5, 5.41) is 3.73. The van der Waals surface area contributed by atoms with E-state index in [4.69, 9.17) is 4.74 Å². The molecule has 0 bridgehead atoms. The van der Waals surface area contributed by atoms with Gasteiger partial charge in [0.1, 0.15) is 0 Å². The Morgan fingerprint density at radius 3 is 2.47 bits per heavy atom. The van der Waals surface area contributed by atoms with Crippen LogP contribution in [0, 0.1) is 11.3 Å². The van der Waals surface area contributed by atoms with Crippen LogP contribution in [0.15, 0.2) is 0 Å². The predicted octanol–water partition coefficient (Wildman–Crippen LogP) is 1.73. The van der Waals surface area contributed by atoms with Crippen molar-refractivity contribution in [3.8, 4) is 0 Å². The van der Waals surface area contributed by atoms with Crippen LogP contribution in [0.3, 0.4) is 0 Å². The first-order valence-electron chi connectivity index (χ1n) is 7.16. The van der Waals surface area contributed by atoms with Crippen LogP contribution >= 0.6 is 0 Å². The molecule has 100 valence electrons. The number of nitrogens with zero attached hydrogens (tertiary/aromatic N) is 1. The molecular weight excluding hydrogens is 212 g/mol. The zero-order chi connectivity index (χ0) is 12.3. The Bertz CT molecular complexity index is 232. The smallest absolute Gasteiger partial charge is 0.0554 e. The number of nitrogens with one attached hydrogen (secondary N) is 1. The summed E-state index contributed by atoms with van der Waals surface area (Å²) in [5.41, 5.74) is 0.401. The van der Waals surface area contributed by atoms with E-state index in [0.29, 0.717) is 11.5 Å². The molecule has 2 heterocycles. The summed E-state index contributed by atoms with van der Waals surface area (Å²) in [6.07, 6.45) is 2.71. The summed E-state index contributed by atoms with van der Waals surface area (Å²) in [6.45, 7) is 13.7. The van der Waals surface area contributed by atoms with Gasteiger partial charge in [0.2, 0.25) is 0 Å². The fourth-order valence-corrected chi connectivity index (χ4v) is 2.90. The molecule has 0 aliphatic carbocycles. The second-order valence-electron chi connectivity index (χ2n) is 6.24. The van der Waals surface area contributed by atoms with Crippen LogP contribution in [-0.2, 0) is 4.74 Å². The molecule has 2 aliphatic heterocycles. The lowest BCUT2D eigenvalue weighted by Gasteiger charge is -2.41. The first kappa shape index (κ1) is 13.3. The van der Waals surface area contributed by atoms with Gasteiger partial charge in [-0.1, -0.05) is 13.8 Å². The van der Waals surface area contributed by atoms with E-state index < -0.39 is 0 Å². The zero-order valence-electron chi connectivity index (χ0n) is 11.7. The minimum absolute atomic E-state index is 0.401. The van der Waals surface area contributed by atoms with Gasteiger partial charge in [-0.15, -0.1) is 0 Å². The van der Waals surface area contributed by atoms with Gasteiger partial charge in [0.25, 0.3) is 0 Å². The minimum Gasteiger partial charge on any atom is -0.380 e. The lowest BCUT2D eigenvalue weighted by atomic mass is 9.86. The van der Waals surface area contributed by atoms with Crippen LogP contribution < -0.4 is 5.32 Å². The summed E-state index contributed by atoms with van der Waals surface area (Å²) in [5.74, 6) is 0.863. The van der Waals surface area contributed by atoms with Gasteiger partial charge in [-0.3, -0.25) is 0 Å². The van der Waals surface area contributed by atoms with E-state index in [1.807, 2.05) is 0 Å². The fraction of sp³-hybridized carbons (Fsp3) is 1.00. The molecule has 3 nitrogen and oxygen atoms in total. The molecule has 0 saturated carbocycles. The Morgan fingerprint density at radius 1 is 1.35 bits per heavy atom. The van der Waals surface area contributed by atoms with Crippen LogP contribution in [0.2, 0.25) is 0 Å². The number of rotatable bonds is 5. The Kier molecular flexibility index (Phi) is 4.45. The molecule has 0 aromatic rings. The number of piperidine rings is 1. The maximum atomic E-state index is 5.30. The molecule has 1 N–H and O–H groups in total. The number of hydrogen-bond donors (Lipinski definition) is 1. The Balaban J connectivity index is 1.67. The molecule has 2 aliphatic rings. The summed E-state index contributed by atoms with van der Waals surface area (Å²) < 4.78 is 5.30. The van der Waals surface area contributed by atoms with E-state index in [9.17, 15) is 0 Å². The maximum Gasteiger partial charge on any atom is 0.0554 e. The minimum atomic E-state index is 0.401. The monoisotopic (exact) mass is 240 g/mol. The highest BCUT2D eigenvalue weighted by Gasteiger charge is 2.34. The fourth-order valence-electron chi connectivity index (χ4n) is 2.90. The summed E-state index contributed by atoms with van der Waals surface area (Å²) in [7, 11) is 0. The Labute approximate surface area is 106 Å². The molecule has 2 saturated heterocycles. The van der Waals surface area contributed by atoms with Crippen molar-refractivity contribution < 1.29 is 4.74 Å². The first-order chi connectivity index (χ1) is 8.13. The van der Waals surface area contributed by atoms with E-state index in [0.717, 1.165) is 25.7 Å². The molecule has 2 rings (SSSR count). The molecule has 17 heavy (non-hydrogen) atoms. The molecule has 0 aromatic carbocycles. The van der Waals surface area contributed by atoms with Gasteiger partial charge in [-0.25, -0.2) is 0 Å². The van der Waals surface area contributed by atoms with Crippen molar-refractivity contribution in [1.82, 2.24) is 10.2 Å². The molecule has 2 fully saturated rings. The van der Waals surface area contributed by atoms with Gasteiger partial charge in [-0.05, 0) is 45.3 Å². The average Bonchev–Trinajstić information content (AvgIpc) is 2.33. The standard InChI is InChI=1S/C14H28N2O/c1-4-16-7-5-13(6-8-16)12(2)15-9-14(3)10-17-11-14/h12-13,15H,4-11H2,1-3H3. The third kappa shape index (κ3) is 3.43. The number of ether oxygens (including phenoxy) is 1. The van der Waals surface area contributed by atoms with Crippen molar-refractivity contribution in [2.45, 2.75) is 39.7 Å². The molecule has 1 atom stereocenters. The topological polar surface area (TPSA) is 24.5 Å². The second kappa shape index (κ2) is 5.68. The van der Waals surface area contributed by atoms with Crippen molar-refractivity contribution in [2.24, 2.45) is 11.3 Å². The van der Waals surface area contributed by atoms with E-state index in [-0.39, 0.29) is 0 Å². The third-order valence-electron chi connectivity index (χ3n) is 4.54. The van der Waals surface area contributed by atoms with E-state index in [1.54, 1.807) is 0 Å². The molecule has 0 aromatic heterocycles. The van der Waals surface area contributed by atoms with E-state index in [2.05, 4.69) is 31.0 Å². The lowest BCUT2D eigenvalue weighted by Crippen LogP contribution is -2.51. The highest BCUT2D eigenvalue weighted by atomic mass is 16.5. The summed E-state index contributed by atoms with van der Waals surface area (Å²) in [4.78, 5) is 2.56. The third-order valence-corrected chi connectivity index (χ3v) is 4.54. The highest BCUT2D eigenvalue weighted by Crippen LogP contribution is 2.26. The first-order valence-corrected chi connectivity index (χ1v) is 7.16. The SMILES string of the molecule is CCN1CCC(C(C)NCC2(C)COC2)CC1. The highest BCUT2D eigenvalue weighted by molar-refractivity contribution is 4.86. The molecule has 0 spiro atoms. The maximum absolute atomic E-state index is 5.30. The van der Waals surface area contributed by atoms with Crippen LogP contribution in [0.4, 0.5) is 0 Å². The number of hydrogen-bond acceptors (Lipinski definition) is 3. The van der Waals surface area contributed by atoms with Gasteiger partial charge in [0, 0.05) is 18.0 Å². The van der Waals surface area contributed by atoms with Crippen LogP contribution in [0.1, 0.15) is 33.6 Å². The largest absolute Gasteiger partial charge is 0.380 e. The summed E-state index contributed by atoms with van der Waals surface area (Å²) in [6, 6.07) is 0.659. The lowest BCUT2D eigenvalue weighted by molar-refractivity contribution is -0.101. The number of likely N-dealkylation sites (tertiary alicyclic amines) is 1.